The van der Waals surface area contributed by atoms with Gasteiger partial charge in [0, 0.05) is 7.05 Å². The highest BCUT2D eigenvalue weighted by Crippen LogP contribution is 2.07. The van der Waals surface area contributed by atoms with E-state index in [1.807, 2.05) is 25.5 Å². The van der Waals surface area contributed by atoms with Gasteiger partial charge in [0.15, 0.2) is 5.84 Å². The first-order valence-electron chi connectivity index (χ1n) is 4.63. The number of amidine groups is 1. The number of aryl methyl sites for hydroxylation is 1. The Morgan fingerprint density at radius 1 is 1.67 bits per heavy atom. The van der Waals surface area contributed by atoms with Gasteiger partial charge >= 0.3 is 0 Å². The lowest BCUT2D eigenvalue weighted by molar-refractivity contribution is 0.314. The van der Waals surface area contributed by atoms with Crippen molar-refractivity contribution in [3.8, 4) is 0 Å². The van der Waals surface area contributed by atoms with Crippen molar-refractivity contribution in [1.29, 1.82) is 0 Å². The number of nitrogens with zero attached hydrogens (tertiary/aromatic N) is 4. The first kappa shape index (κ1) is 11.4. The van der Waals surface area contributed by atoms with E-state index in [9.17, 15) is 0 Å². The van der Waals surface area contributed by atoms with Crippen LogP contribution in [0, 0.1) is 0 Å². The Balaban J connectivity index is 2.64. The second kappa shape index (κ2) is 4.74. The third kappa shape index (κ3) is 2.66. The number of aromatic nitrogens is 3. The molecule has 0 aliphatic heterocycles. The van der Waals surface area contributed by atoms with E-state index in [1.54, 1.807) is 6.33 Å². The highest BCUT2D eigenvalue weighted by molar-refractivity contribution is 5.84. The van der Waals surface area contributed by atoms with Gasteiger partial charge in [-0.3, -0.25) is 5.32 Å². The second-order valence-electron chi connectivity index (χ2n) is 3.43. The van der Waals surface area contributed by atoms with Gasteiger partial charge < -0.3 is 15.5 Å². The molecule has 7 heteroatoms. The van der Waals surface area contributed by atoms with Crippen LogP contribution in [0.2, 0.25) is 0 Å². The molecule has 0 saturated heterocycles. The molecule has 0 saturated carbocycles. The van der Waals surface area contributed by atoms with Crippen molar-refractivity contribution in [1.82, 2.24) is 20.1 Å². The van der Waals surface area contributed by atoms with Crippen molar-refractivity contribution in [3.63, 3.8) is 0 Å². The van der Waals surface area contributed by atoms with Crippen molar-refractivity contribution in [2.45, 2.75) is 25.9 Å². The molecule has 0 aliphatic carbocycles. The number of nitrogens with one attached hydrogen (secondary N) is 1. The standard InChI is InChI=1S/C8H16N6O/c1-5(7(9)13-15)11-6(2)8-12-10-4-14(8)3/h4-6,11,15H,1-3H3,(H2,9,13). The summed E-state index contributed by atoms with van der Waals surface area (Å²) in [5.74, 6) is 0.941. The predicted octanol–water partition coefficient (Wildman–Crippen LogP) is -0.399. The monoisotopic (exact) mass is 212 g/mol. The summed E-state index contributed by atoms with van der Waals surface area (Å²) in [4.78, 5) is 0. The van der Waals surface area contributed by atoms with Gasteiger partial charge in [-0.25, -0.2) is 0 Å². The molecule has 1 rings (SSSR count). The van der Waals surface area contributed by atoms with E-state index < -0.39 is 0 Å². The smallest absolute Gasteiger partial charge is 0.156 e. The summed E-state index contributed by atoms with van der Waals surface area (Å²) in [6.45, 7) is 3.74. The van der Waals surface area contributed by atoms with Crippen LogP contribution in [0.4, 0.5) is 0 Å². The second-order valence-corrected chi connectivity index (χ2v) is 3.43. The van der Waals surface area contributed by atoms with Crippen LogP contribution in [0.5, 0.6) is 0 Å². The lowest BCUT2D eigenvalue weighted by atomic mass is 10.2. The van der Waals surface area contributed by atoms with E-state index in [0.717, 1.165) is 5.82 Å². The maximum atomic E-state index is 8.49. The number of oxime groups is 1. The summed E-state index contributed by atoms with van der Waals surface area (Å²) in [5.41, 5.74) is 5.45. The van der Waals surface area contributed by atoms with Crippen molar-refractivity contribution in [2.75, 3.05) is 0 Å². The zero-order valence-corrected chi connectivity index (χ0v) is 9.05. The van der Waals surface area contributed by atoms with E-state index in [0.29, 0.717) is 0 Å². The fourth-order valence-electron chi connectivity index (χ4n) is 1.31. The summed E-state index contributed by atoms with van der Waals surface area (Å²) in [6, 6.07) is -0.241. The average molecular weight is 212 g/mol. The fourth-order valence-corrected chi connectivity index (χ4v) is 1.31. The molecule has 1 aromatic heterocycles. The SMILES string of the molecule is CC(NC(C)c1nncn1C)C(N)=NO. The Kier molecular flexibility index (Phi) is 3.62. The highest BCUT2D eigenvalue weighted by Gasteiger charge is 2.15. The van der Waals surface area contributed by atoms with Crippen molar-refractivity contribution < 1.29 is 5.21 Å². The van der Waals surface area contributed by atoms with Gasteiger partial charge in [0.05, 0.1) is 12.1 Å². The first-order chi connectivity index (χ1) is 7.06. The quantitative estimate of drug-likeness (QED) is 0.273. The number of hydrogen-bond donors (Lipinski definition) is 3. The highest BCUT2D eigenvalue weighted by atomic mass is 16.4. The maximum Gasteiger partial charge on any atom is 0.156 e. The molecule has 0 bridgehead atoms. The van der Waals surface area contributed by atoms with Crippen molar-refractivity contribution in [3.05, 3.63) is 12.2 Å². The molecule has 0 radical (unpaired) electrons. The van der Waals surface area contributed by atoms with E-state index in [-0.39, 0.29) is 17.9 Å². The van der Waals surface area contributed by atoms with Crippen LogP contribution < -0.4 is 11.1 Å². The molecule has 4 N–H and O–H groups in total. The summed E-state index contributed by atoms with van der Waals surface area (Å²) >= 11 is 0. The predicted molar refractivity (Wildman–Crippen MR) is 55.4 cm³/mol. The van der Waals surface area contributed by atoms with Gasteiger partial charge in [-0.05, 0) is 13.8 Å². The number of nitrogens with two attached hydrogens (primary N) is 1. The van der Waals surface area contributed by atoms with Gasteiger partial charge in [0.2, 0.25) is 0 Å². The Morgan fingerprint density at radius 2 is 2.33 bits per heavy atom. The van der Waals surface area contributed by atoms with E-state index in [2.05, 4.69) is 20.7 Å². The van der Waals surface area contributed by atoms with Crippen LogP contribution in [0.15, 0.2) is 11.5 Å². The Hall–Kier alpha value is -1.63. The van der Waals surface area contributed by atoms with Gasteiger partial charge in [-0.15, -0.1) is 10.2 Å². The lowest BCUT2D eigenvalue weighted by Gasteiger charge is -2.17. The molecule has 15 heavy (non-hydrogen) atoms. The molecule has 0 aromatic carbocycles. The molecule has 0 amide bonds. The topological polar surface area (TPSA) is 101 Å². The van der Waals surface area contributed by atoms with Crippen LogP contribution in [0.25, 0.3) is 0 Å². The number of hydrogen-bond acceptors (Lipinski definition) is 5. The molecule has 2 atom stereocenters. The molecule has 1 heterocycles. The van der Waals surface area contributed by atoms with Gasteiger partial charge in [-0.2, -0.15) is 0 Å². The zero-order valence-electron chi connectivity index (χ0n) is 9.05. The summed E-state index contributed by atoms with van der Waals surface area (Å²) in [6.07, 6.45) is 1.63. The molecular weight excluding hydrogens is 196 g/mol. The van der Waals surface area contributed by atoms with E-state index in [1.165, 1.54) is 0 Å². The molecule has 2 unspecified atom stereocenters. The third-order valence-electron chi connectivity index (χ3n) is 2.19. The molecule has 0 fully saturated rings. The molecule has 0 spiro atoms. The van der Waals surface area contributed by atoms with Crippen LogP contribution >= 0.6 is 0 Å². The summed E-state index contributed by atoms with van der Waals surface area (Å²) in [7, 11) is 1.86. The van der Waals surface area contributed by atoms with Crippen LogP contribution in [0.1, 0.15) is 25.7 Å². The molecular formula is C8H16N6O. The minimum atomic E-state index is -0.221. The van der Waals surface area contributed by atoms with Crippen molar-refractivity contribution >= 4 is 5.84 Å². The molecule has 0 aliphatic rings. The maximum absolute atomic E-state index is 8.49. The number of rotatable bonds is 4. The van der Waals surface area contributed by atoms with Crippen LogP contribution in [-0.4, -0.2) is 31.8 Å². The van der Waals surface area contributed by atoms with Gasteiger partial charge in [0.25, 0.3) is 0 Å². The molecule has 84 valence electrons. The minimum Gasteiger partial charge on any atom is -0.409 e. The lowest BCUT2D eigenvalue weighted by Crippen LogP contribution is -2.40. The minimum absolute atomic E-state index is 0.0206. The Bertz CT molecular complexity index is 347. The Morgan fingerprint density at radius 3 is 2.80 bits per heavy atom. The largest absolute Gasteiger partial charge is 0.409 e. The average Bonchev–Trinajstić information content (AvgIpc) is 2.63. The van der Waals surface area contributed by atoms with Gasteiger partial charge in [-0.1, -0.05) is 5.16 Å². The van der Waals surface area contributed by atoms with Crippen LogP contribution in [0.3, 0.4) is 0 Å². The summed E-state index contributed by atoms with van der Waals surface area (Å²) in [5, 5.41) is 22.3. The zero-order chi connectivity index (χ0) is 11.4. The van der Waals surface area contributed by atoms with E-state index in [4.69, 9.17) is 10.9 Å². The van der Waals surface area contributed by atoms with E-state index >= 15 is 0 Å². The Labute approximate surface area is 88.0 Å². The normalized spacial score (nSPS) is 16.3. The summed E-state index contributed by atoms with van der Waals surface area (Å²) < 4.78 is 1.82. The molecule has 1 aromatic rings. The first-order valence-corrected chi connectivity index (χ1v) is 4.63. The molecule has 7 nitrogen and oxygen atoms in total. The van der Waals surface area contributed by atoms with Crippen molar-refractivity contribution in [2.24, 2.45) is 17.9 Å². The third-order valence-corrected chi connectivity index (χ3v) is 2.19. The fraction of sp³-hybridized carbons (Fsp3) is 0.625. The van der Waals surface area contributed by atoms with Gasteiger partial charge in [0.1, 0.15) is 12.2 Å². The van der Waals surface area contributed by atoms with Crippen LogP contribution in [-0.2, 0) is 7.05 Å².